The van der Waals surface area contributed by atoms with Gasteiger partial charge in [-0.15, -0.1) is 0 Å². The van der Waals surface area contributed by atoms with Crippen LogP contribution in [0.25, 0.3) is 0 Å². The summed E-state index contributed by atoms with van der Waals surface area (Å²) < 4.78 is 6.19. The first-order valence-corrected chi connectivity index (χ1v) is 7.66. The van der Waals surface area contributed by atoms with E-state index in [0.717, 1.165) is 15.6 Å². The van der Waals surface area contributed by atoms with E-state index >= 15 is 0 Å². The van der Waals surface area contributed by atoms with Crippen LogP contribution in [0.15, 0.2) is 24.3 Å². The maximum Gasteiger partial charge on any atom is 0.312 e. The Balaban J connectivity index is 3.04. The van der Waals surface area contributed by atoms with Crippen molar-refractivity contribution < 1.29 is 14.6 Å². The highest BCUT2D eigenvalue weighted by atomic mass is 127. The monoisotopic (exact) mass is 376 g/mol. The lowest BCUT2D eigenvalue weighted by atomic mass is 9.80. The van der Waals surface area contributed by atoms with Crippen LogP contribution in [0.1, 0.15) is 39.2 Å². The van der Waals surface area contributed by atoms with Crippen LogP contribution in [0.5, 0.6) is 0 Å². The number of hydrogen-bond donors (Lipinski definition) is 1. The van der Waals surface area contributed by atoms with Gasteiger partial charge in [0.15, 0.2) is 0 Å². The third-order valence-electron chi connectivity index (χ3n) is 3.26. The Kier molecular flexibility index (Phi) is 6.26. The van der Waals surface area contributed by atoms with Gasteiger partial charge in [-0.25, -0.2) is 0 Å². The fraction of sp³-hybridized carbons (Fsp3) is 0.533. The van der Waals surface area contributed by atoms with E-state index in [4.69, 9.17) is 4.74 Å². The molecular formula is C15H21IO3. The first-order valence-electron chi connectivity index (χ1n) is 6.58. The molecule has 0 fully saturated rings. The molecule has 106 valence electrons. The van der Waals surface area contributed by atoms with Gasteiger partial charge < -0.3 is 9.84 Å². The van der Waals surface area contributed by atoms with Crippen molar-refractivity contribution in [1.29, 1.82) is 0 Å². The Morgan fingerprint density at radius 2 is 1.95 bits per heavy atom. The summed E-state index contributed by atoms with van der Waals surface area (Å²) in [5, 5.41) is 10.8. The second kappa shape index (κ2) is 7.24. The first kappa shape index (κ1) is 16.4. The summed E-state index contributed by atoms with van der Waals surface area (Å²) in [6.07, 6.45) is 1.43. The molecule has 0 heterocycles. The Hall–Kier alpha value is -0.620. The van der Waals surface area contributed by atoms with Gasteiger partial charge in [0.05, 0.1) is 12.5 Å². The second-order valence-corrected chi connectivity index (χ2v) is 5.99. The van der Waals surface area contributed by atoms with Gasteiger partial charge >= 0.3 is 5.97 Å². The highest BCUT2D eigenvalue weighted by molar-refractivity contribution is 14.1. The average molecular weight is 376 g/mol. The molecule has 0 saturated carbocycles. The summed E-state index contributed by atoms with van der Waals surface area (Å²) in [6, 6.07) is 7.59. The first-order chi connectivity index (χ1) is 8.93. The normalized spacial score (nSPS) is 15.6. The van der Waals surface area contributed by atoms with Crippen LogP contribution in [-0.2, 0) is 15.1 Å². The maximum absolute atomic E-state index is 12.0. The molecule has 1 aromatic carbocycles. The molecule has 0 aromatic heterocycles. The van der Waals surface area contributed by atoms with Gasteiger partial charge in [-0.2, -0.15) is 0 Å². The van der Waals surface area contributed by atoms with Gasteiger partial charge in [-0.05, 0) is 60.6 Å². The highest BCUT2D eigenvalue weighted by Crippen LogP contribution is 2.33. The third kappa shape index (κ3) is 4.18. The molecule has 0 aliphatic rings. The van der Waals surface area contributed by atoms with Crippen molar-refractivity contribution >= 4 is 28.6 Å². The SMILES string of the molecule is CCCC(C(=O)OCC)C(C)(O)c1ccc(I)cc1. The van der Waals surface area contributed by atoms with Gasteiger partial charge in [0.25, 0.3) is 0 Å². The van der Waals surface area contributed by atoms with Crippen molar-refractivity contribution in [1.82, 2.24) is 0 Å². The summed E-state index contributed by atoms with van der Waals surface area (Å²) in [7, 11) is 0. The second-order valence-electron chi connectivity index (χ2n) is 4.75. The van der Waals surface area contributed by atoms with Crippen LogP contribution in [0.2, 0.25) is 0 Å². The molecule has 0 spiro atoms. The van der Waals surface area contributed by atoms with Gasteiger partial charge in [-0.3, -0.25) is 4.79 Å². The number of aliphatic hydroxyl groups is 1. The minimum atomic E-state index is -1.20. The van der Waals surface area contributed by atoms with E-state index in [-0.39, 0.29) is 5.97 Å². The van der Waals surface area contributed by atoms with Crippen LogP contribution >= 0.6 is 22.6 Å². The number of hydrogen-bond acceptors (Lipinski definition) is 3. The van der Waals surface area contributed by atoms with Gasteiger partial charge in [0.2, 0.25) is 0 Å². The molecule has 19 heavy (non-hydrogen) atoms. The molecule has 0 amide bonds. The van der Waals surface area contributed by atoms with Crippen molar-refractivity contribution in [3.63, 3.8) is 0 Å². The van der Waals surface area contributed by atoms with Crippen LogP contribution in [0.4, 0.5) is 0 Å². The van der Waals surface area contributed by atoms with Crippen molar-refractivity contribution in [2.75, 3.05) is 6.61 Å². The highest BCUT2D eigenvalue weighted by Gasteiger charge is 2.39. The lowest BCUT2D eigenvalue weighted by molar-refractivity contribution is -0.158. The average Bonchev–Trinajstić information content (AvgIpc) is 2.36. The summed E-state index contributed by atoms with van der Waals surface area (Å²) >= 11 is 2.21. The third-order valence-corrected chi connectivity index (χ3v) is 3.97. The topological polar surface area (TPSA) is 46.5 Å². The summed E-state index contributed by atoms with van der Waals surface area (Å²) in [5.74, 6) is -0.856. The number of carbonyl (C=O) groups excluding carboxylic acids is 1. The zero-order valence-electron chi connectivity index (χ0n) is 11.6. The summed E-state index contributed by atoms with van der Waals surface area (Å²) in [6.45, 7) is 5.80. The Morgan fingerprint density at radius 3 is 2.42 bits per heavy atom. The van der Waals surface area contributed by atoms with Crippen LogP contribution in [0, 0.1) is 9.49 Å². The van der Waals surface area contributed by atoms with E-state index in [9.17, 15) is 9.90 Å². The molecular weight excluding hydrogens is 355 g/mol. The largest absolute Gasteiger partial charge is 0.466 e. The summed E-state index contributed by atoms with van der Waals surface area (Å²) in [4.78, 5) is 12.0. The Labute approximate surface area is 128 Å². The van der Waals surface area contributed by atoms with Gasteiger partial charge in [0.1, 0.15) is 5.60 Å². The lowest BCUT2D eigenvalue weighted by Gasteiger charge is -2.31. The molecule has 0 bridgehead atoms. The van der Waals surface area contributed by atoms with E-state index in [2.05, 4.69) is 22.6 Å². The molecule has 2 unspecified atom stereocenters. The van der Waals surface area contributed by atoms with Crippen molar-refractivity contribution in [3.05, 3.63) is 33.4 Å². The zero-order chi connectivity index (χ0) is 14.5. The van der Waals surface area contributed by atoms with E-state index in [1.807, 2.05) is 31.2 Å². The lowest BCUT2D eigenvalue weighted by Crippen LogP contribution is -2.38. The van der Waals surface area contributed by atoms with Crippen LogP contribution < -0.4 is 0 Å². The van der Waals surface area contributed by atoms with Gasteiger partial charge in [0, 0.05) is 3.57 Å². The molecule has 0 radical (unpaired) electrons. The molecule has 1 rings (SSSR count). The molecule has 0 aliphatic heterocycles. The van der Waals surface area contributed by atoms with Crippen molar-refractivity contribution in [2.24, 2.45) is 5.92 Å². The molecule has 0 aliphatic carbocycles. The minimum absolute atomic E-state index is 0.326. The molecule has 1 aromatic rings. The summed E-state index contributed by atoms with van der Waals surface area (Å²) in [5.41, 5.74) is -0.452. The van der Waals surface area contributed by atoms with E-state index in [0.29, 0.717) is 13.0 Å². The van der Waals surface area contributed by atoms with Crippen molar-refractivity contribution in [3.8, 4) is 0 Å². The molecule has 4 heteroatoms. The van der Waals surface area contributed by atoms with Crippen molar-refractivity contribution in [2.45, 2.75) is 39.2 Å². The Bertz CT molecular complexity index is 412. The minimum Gasteiger partial charge on any atom is -0.466 e. The number of carbonyl (C=O) groups is 1. The van der Waals surface area contributed by atoms with E-state index < -0.39 is 11.5 Å². The molecule has 2 atom stereocenters. The van der Waals surface area contributed by atoms with Crippen LogP contribution in [0.3, 0.4) is 0 Å². The quantitative estimate of drug-likeness (QED) is 0.611. The number of halogens is 1. The Morgan fingerprint density at radius 1 is 1.37 bits per heavy atom. The maximum atomic E-state index is 12.0. The predicted octanol–water partition coefficient (Wildman–Crippen LogP) is 3.48. The zero-order valence-corrected chi connectivity index (χ0v) is 13.8. The fourth-order valence-electron chi connectivity index (χ4n) is 2.15. The molecule has 3 nitrogen and oxygen atoms in total. The number of rotatable bonds is 6. The number of ether oxygens (including phenoxy) is 1. The van der Waals surface area contributed by atoms with Crippen LogP contribution in [-0.4, -0.2) is 17.7 Å². The van der Waals surface area contributed by atoms with E-state index in [1.54, 1.807) is 13.8 Å². The molecule has 0 saturated heterocycles. The number of benzene rings is 1. The fourth-order valence-corrected chi connectivity index (χ4v) is 2.51. The predicted molar refractivity (Wildman–Crippen MR) is 83.8 cm³/mol. The smallest absolute Gasteiger partial charge is 0.312 e. The number of esters is 1. The van der Waals surface area contributed by atoms with Gasteiger partial charge in [-0.1, -0.05) is 25.5 Å². The van der Waals surface area contributed by atoms with E-state index in [1.165, 1.54) is 0 Å². The standard InChI is InChI=1S/C15H21IO3/c1-4-6-13(14(17)19-5-2)15(3,18)11-7-9-12(16)10-8-11/h7-10,13,18H,4-6H2,1-3H3. The molecule has 1 N–H and O–H groups in total.